The van der Waals surface area contributed by atoms with Crippen molar-refractivity contribution in [3.63, 3.8) is 0 Å². The minimum absolute atomic E-state index is 0.107. The maximum Gasteiger partial charge on any atom is 0.227 e. The molecule has 1 saturated carbocycles. The van der Waals surface area contributed by atoms with Gasteiger partial charge in [-0.25, -0.2) is 4.98 Å². The van der Waals surface area contributed by atoms with Gasteiger partial charge in [0.15, 0.2) is 11.5 Å². The molecule has 82 valence electrons. The van der Waals surface area contributed by atoms with Crippen molar-refractivity contribution in [2.75, 3.05) is 5.32 Å². The number of aryl methyl sites for hydroxylation is 1. The van der Waals surface area contributed by atoms with Crippen LogP contribution in [0.1, 0.15) is 18.7 Å². The number of hydrogen-bond donors (Lipinski definition) is 1. The molecule has 1 aliphatic carbocycles. The fraction of sp³-hybridized carbons (Fsp3) is 0.333. The number of benzene rings is 1. The van der Waals surface area contributed by atoms with Crippen LogP contribution in [0.2, 0.25) is 0 Å². The van der Waals surface area contributed by atoms with Crippen molar-refractivity contribution in [1.29, 1.82) is 0 Å². The monoisotopic (exact) mass is 216 g/mol. The van der Waals surface area contributed by atoms with Crippen LogP contribution in [-0.4, -0.2) is 10.9 Å². The Morgan fingerprint density at radius 3 is 3.06 bits per heavy atom. The summed E-state index contributed by atoms with van der Waals surface area (Å²) in [5, 5.41) is 2.88. The summed E-state index contributed by atoms with van der Waals surface area (Å²) in [5.41, 5.74) is 2.31. The van der Waals surface area contributed by atoms with Gasteiger partial charge in [0.2, 0.25) is 5.91 Å². The van der Waals surface area contributed by atoms with Crippen molar-refractivity contribution in [3.05, 3.63) is 24.1 Å². The van der Waals surface area contributed by atoms with Gasteiger partial charge in [0.1, 0.15) is 5.52 Å². The van der Waals surface area contributed by atoms with Crippen molar-refractivity contribution in [1.82, 2.24) is 4.98 Å². The third-order valence-corrected chi connectivity index (χ3v) is 2.71. The van der Waals surface area contributed by atoms with Crippen LogP contribution in [0, 0.1) is 12.8 Å². The summed E-state index contributed by atoms with van der Waals surface area (Å²) in [6, 6.07) is 5.52. The summed E-state index contributed by atoms with van der Waals surface area (Å²) in [7, 11) is 0. The molecule has 3 rings (SSSR count). The number of anilines is 1. The normalized spacial score (nSPS) is 15.3. The topological polar surface area (TPSA) is 55.1 Å². The van der Waals surface area contributed by atoms with Crippen LogP contribution in [0.15, 0.2) is 22.6 Å². The van der Waals surface area contributed by atoms with Gasteiger partial charge in [-0.1, -0.05) is 0 Å². The number of amides is 1. The Morgan fingerprint density at radius 1 is 1.50 bits per heavy atom. The summed E-state index contributed by atoms with van der Waals surface area (Å²) < 4.78 is 5.40. The van der Waals surface area contributed by atoms with Gasteiger partial charge in [-0.15, -0.1) is 0 Å². The molecule has 4 nitrogen and oxygen atoms in total. The Labute approximate surface area is 92.7 Å². The summed E-state index contributed by atoms with van der Waals surface area (Å²) >= 11 is 0. The van der Waals surface area contributed by atoms with Crippen LogP contribution in [0.25, 0.3) is 11.1 Å². The molecule has 1 aromatic heterocycles. The van der Waals surface area contributed by atoms with E-state index in [1.54, 1.807) is 0 Å². The fourth-order valence-electron chi connectivity index (χ4n) is 1.71. The van der Waals surface area contributed by atoms with Crippen molar-refractivity contribution in [2.45, 2.75) is 19.8 Å². The number of oxazole rings is 1. The number of fused-ring (bicyclic) bond motifs is 1. The van der Waals surface area contributed by atoms with Crippen LogP contribution in [0.3, 0.4) is 0 Å². The number of hydrogen-bond acceptors (Lipinski definition) is 3. The Balaban J connectivity index is 1.88. The number of carbonyl (C=O) groups is 1. The molecule has 1 aromatic carbocycles. The molecule has 0 spiro atoms. The molecule has 0 atom stereocenters. The van der Waals surface area contributed by atoms with Gasteiger partial charge >= 0.3 is 0 Å². The second-order valence-electron chi connectivity index (χ2n) is 4.18. The summed E-state index contributed by atoms with van der Waals surface area (Å²) in [5.74, 6) is 0.961. The van der Waals surface area contributed by atoms with E-state index in [1.165, 1.54) is 0 Å². The summed E-state index contributed by atoms with van der Waals surface area (Å²) in [6.45, 7) is 1.81. The highest BCUT2D eigenvalue weighted by molar-refractivity contribution is 5.95. The van der Waals surface area contributed by atoms with E-state index >= 15 is 0 Å². The maximum atomic E-state index is 11.6. The quantitative estimate of drug-likeness (QED) is 0.839. The minimum Gasteiger partial charge on any atom is -0.441 e. The Morgan fingerprint density at radius 2 is 2.31 bits per heavy atom. The number of nitrogens with one attached hydrogen (secondary N) is 1. The zero-order valence-electron chi connectivity index (χ0n) is 8.99. The standard InChI is InChI=1S/C12H12N2O2/c1-7-13-10-5-4-9(6-11(10)16-7)14-12(15)8-2-3-8/h4-6,8H,2-3H2,1H3,(H,14,15). The first-order valence-corrected chi connectivity index (χ1v) is 5.40. The molecule has 1 aliphatic rings. The number of carbonyl (C=O) groups excluding carboxylic acids is 1. The zero-order chi connectivity index (χ0) is 11.1. The van der Waals surface area contributed by atoms with E-state index in [1.807, 2.05) is 25.1 Å². The predicted molar refractivity (Wildman–Crippen MR) is 60.1 cm³/mol. The average Bonchev–Trinajstić information content (AvgIpc) is 3.01. The van der Waals surface area contributed by atoms with Crippen molar-refractivity contribution < 1.29 is 9.21 Å². The van der Waals surface area contributed by atoms with Gasteiger partial charge in [0.25, 0.3) is 0 Å². The lowest BCUT2D eigenvalue weighted by Gasteiger charge is -2.02. The van der Waals surface area contributed by atoms with E-state index in [0.29, 0.717) is 11.5 Å². The molecule has 1 N–H and O–H groups in total. The van der Waals surface area contributed by atoms with Crippen LogP contribution < -0.4 is 5.32 Å². The molecule has 1 amide bonds. The maximum absolute atomic E-state index is 11.6. The van der Waals surface area contributed by atoms with E-state index < -0.39 is 0 Å². The minimum atomic E-state index is 0.107. The van der Waals surface area contributed by atoms with Crippen molar-refractivity contribution in [3.8, 4) is 0 Å². The highest BCUT2D eigenvalue weighted by atomic mass is 16.3. The molecule has 0 bridgehead atoms. The van der Waals surface area contributed by atoms with Crippen LogP contribution in [-0.2, 0) is 4.79 Å². The molecule has 0 unspecified atom stereocenters. The largest absolute Gasteiger partial charge is 0.441 e. The number of aromatic nitrogens is 1. The lowest BCUT2D eigenvalue weighted by molar-refractivity contribution is -0.117. The van der Waals surface area contributed by atoms with Gasteiger partial charge in [0.05, 0.1) is 0 Å². The van der Waals surface area contributed by atoms with Gasteiger partial charge < -0.3 is 9.73 Å². The van der Waals surface area contributed by atoms with Gasteiger partial charge in [-0.05, 0) is 25.0 Å². The van der Waals surface area contributed by atoms with E-state index in [2.05, 4.69) is 10.3 Å². The van der Waals surface area contributed by atoms with Gasteiger partial charge in [-0.3, -0.25) is 4.79 Å². The Kier molecular flexibility index (Phi) is 1.96. The first-order chi connectivity index (χ1) is 7.72. The fourth-order valence-corrected chi connectivity index (χ4v) is 1.71. The second-order valence-corrected chi connectivity index (χ2v) is 4.18. The lowest BCUT2D eigenvalue weighted by Crippen LogP contribution is -2.12. The average molecular weight is 216 g/mol. The number of nitrogens with zero attached hydrogens (tertiary/aromatic N) is 1. The molecule has 2 aromatic rings. The first-order valence-electron chi connectivity index (χ1n) is 5.40. The first kappa shape index (κ1) is 9.39. The molecule has 1 fully saturated rings. The SMILES string of the molecule is Cc1nc2ccc(NC(=O)C3CC3)cc2o1. The van der Waals surface area contributed by atoms with Gasteiger partial charge in [0, 0.05) is 24.6 Å². The van der Waals surface area contributed by atoms with Gasteiger partial charge in [-0.2, -0.15) is 0 Å². The van der Waals surface area contributed by atoms with E-state index in [9.17, 15) is 4.79 Å². The Hall–Kier alpha value is -1.84. The Bertz CT molecular complexity index is 555. The molecule has 0 radical (unpaired) electrons. The smallest absolute Gasteiger partial charge is 0.227 e. The van der Waals surface area contributed by atoms with Crippen LogP contribution in [0.5, 0.6) is 0 Å². The lowest BCUT2D eigenvalue weighted by atomic mass is 10.2. The molecule has 0 aliphatic heterocycles. The number of rotatable bonds is 2. The summed E-state index contributed by atoms with van der Waals surface area (Å²) in [6.07, 6.45) is 2.02. The molecule has 16 heavy (non-hydrogen) atoms. The molecule has 0 saturated heterocycles. The van der Waals surface area contributed by atoms with Crippen molar-refractivity contribution >= 4 is 22.7 Å². The highest BCUT2D eigenvalue weighted by Crippen LogP contribution is 2.30. The molecule has 1 heterocycles. The van der Waals surface area contributed by atoms with Crippen molar-refractivity contribution in [2.24, 2.45) is 5.92 Å². The third kappa shape index (κ3) is 1.66. The zero-order valence-corrected chi connectivity index (χ0v) is 8.99. The van der Waals surface area contributed by atoms with Crippen LogP contribution in [0.4, 0.5) is 5.69 Å². The third-order valence-electron chi connectivity index (χ3n) is 2.71. The van der Waals surface area contributed by atoms with E-state index in [0.717, 1.165) is 24.0 Å². The van der Waals surface area contributed by atoms with E-state index in [4.69, 9.17) is 4.42 Å². The molecular formula is C12H12N2O2. The summed E-state index contributed by atoms with van der Waals surface area (Å²) in [4.78, 5) is 15.8. The predicted octanol–water partition coefficient (Wildman–Crippen LogP) is 2.48. The van der Waals surface area contributed by atoms with E-state index in [-0.39, 0.29) is 11.8 Å². The van der Waals surface area contributed by atoms with Crippen LogP contribution >= 0.6 is 0 Å². The molecular weight excluding hydrogens is 204 g/mol. The highest BCUT2D eigenvalue weighted by Gasteiger charge is 2.29. The molecule has 4 heteroatoms. The second kappa shape index (κ2) is 3.33.